The molecule has 0 radical (unpaired) electrons. The molecule has 8 nitrogen and oxygen atoms in total. The quantitative estimate of drug-likeness (QED) is 0.570. The summed E-state index contributed by atoms with van der Waals surface area (Å²) in [6, 6.07) is 10.7. The highest BCUT2D eigenvalue weighted by molar-refractivity contribution is 5.99. The predicted molar refractivity (Wildman–Crippen MR) is 126 cm³/mol. The number of aliphatic carboxylic acids is 1. The molecule has 3 aliphatic heterocycles. The van der Waals surface area contributed by atoms with Crippen LogP contribution in [-0.4, -0.2) is 95.4 Å². The SMILES string of the molecule is CC(=O)C(OC1(N2CCN(C3CCCCN3Cc3ccccc3)CC2)CCNCC1)C(=O)O. The molecule has 0 amide bonds. The third kappa shape index (κ3) is 5.81. The molecule has 2 N–H and O–H groups in total. The maximum Gasteiger partial charge on any atom is 0.340 e. The molecule has 3 heterocycles. The van der Waals surface area contributed by atoms with Crippen LogP contribution in [0.1, 0.15) is 44.6 Å². The van der Waals surface area contributed by atoms with Gasteiger partial charge in [0.2, 0.25) is 6.10 Å². The van der Waals surface area contributed by atoms with Crippen LogP contribution in [0.5, 0.6) is 0 Å². The van der Waals surface area contributed by atoms with Crippen LogP contribution in [0.2, 0.25) is 0 Å². The summed E-state index contributed by atoms with van der Waals surface area (Å²) in [6.07, 6.45) is 4.10. The van der Waals surface area contributed by atoms with Crippen molar-refractivity contribution in [3.63, 3.8) is 0 Å². The number of carbonyl (C=O) groups excluding carboxylic acids is 1. The second-order valence-electron chi connectivity index (χ2n) is 9.60. The van der Waals surface area contributed by atoms with Gasteiger partial charge in [-0.3, -0.25) is 19.5 Å². The third-order valence-corrected chi connectivity index (χ3v) is 7.44. The van der Waals surface area contributed by atoms with Gasteiger partial charge in [0.1, 0.15) is 5.72 Å². The Hall–Kier alpha value is -1.84. The summed E-state index contributed by atoms with van der Waals surface area (Å²) in [5.41, 5.74) is 0.663. The number of carboxylic acids is 1. The number of carbonyl (C=O) groups is 2. The summed E-state index contributed by atoms with van der Waals surface area (Å²) in [6.45, 7) is 8.41. The summed E-state index contributed by atoms with van der Waals surface area (Å²) in [5.74, 6) is -1.64. The lowest BCUT2D eigenvalue weighted by atomic mass is 9.97. The maximum absolute atomic E-state index is 12.0. The summed E-state index contributed by atoms with van der Waals surface area (Å²) >= 11 is 0. The number of rotatable bonds is 8. The van der Waals surface area contributed by atoms with Gasteiger partial charge in [-0.1, -0.05) is 30.3 Å². The molecule has 3 saturated heterocycles. The van der Waals surface area contributed by atoms with Gasteiger partial charge in [-0.15, -0.1) is 0 Å². The van der Waals surface area contributed by atoms with Crippen molar-refractivity contribution >= 4 is 11.8 Å². The first-order valence-electron chi connectivity index (χ1n) is 12.4. The van der Waals surface area contributed by atoms with Gasteiger partial charge in [0.25, 0.3) is 0 Å². The monoisotopic (exact) mass is 458 g/mol. The number of nitrogens with one attached hydrogen (secondary N) is 1. The van der Waals surface area contributed by atoms with Gasteiger partial charge >= 0.3 is 5.97 Å². The third-order valence-electron chi connectivity index (χ3n) is 7.44. The molecule has 2 unspecified atom stereocenters. The fourth-order valence-electron chi connectivity index (χ4n) is 5.67. The highest BCUT2D eigenvalue weighted by Gasteiger charge is 2.45. The largest absolute Gasteiger partial charge is 0.479 e. The number of Topliss-reactive ketones (excluding diaryl/α,β-unsaturated/α-hetero) is 1. The molecule has 1 aromatic carbocycles. The Kier molecular flexibility index (Phi) is 8.14. The summed E-state index contributed by atoms with van der Waals surface area (Å²) < 4.78 is 6.13. The van der Waals surface area contributed by atoms with Crippen LogP contribution in [0.15, 0.2) is 30.3 Å². The van der Waals surface area contributed by atoms with Crippen LogP contribution in [0.4, 0.5) is 0 Å². The molecular formula is C25H38N4O4. The average molecular weight is 459 g/mol. The highest BCUT2D eigenvalue weighted by atomic mass is 16.6. The topological polar surface area (TPSA) is 85.4 Å². The molecule has 4 rings (SSSR count). The number of ether oxygens (including phenoxy) is 1. The number of piperazine rings is 1. The first-order chi connectivity index (χ1) is 16.0. The summed E-state index contributed by atoms with van der Waals surface area (Å²) in [5, 5.41) is 12.9. The minimum Gasteiger partial charge on any atom is -0.479 e. The van der Waals surface area contributed by atoms with E-state index in [4.69, 9.17) is 4.74 Å². The minimum absolute atomic E-state index is 0.440. The van der Waals surface area contributed by atoms with E-state index in [1.807, 2.05) is 0 Å². The zero-order chi connectivity index (χ0) is 23.3. The van der Waals surface area contributed by atoms with E-state index in [0.29, 0.717) is 19.0 Å². The van der Waals surface area contributed by atoms with Crippen LogP contribution in [0.25, 0.3) is 0 Å². The standard InChI is InChI=1S/C25H38N4O4/c1-20(30)23(24(31)32)33-25(10-12-26-13-11-25)29-17-15-27(16-18-29)22-9-5-6-14-28(22)19-21-7-3-2-4-8-21/h2-4,7-8,22-23,26H,5-6,9-19H2,1H3,(H,31,32). The fourth-order valence-corrected chi connectivity index (χ4v) is 5.67. The molecule has 0 saturated carbocycles. The van der Waals surface area contributed by atoms with Gasteiger partial charge in [-0.05, 0) is 51.4 Å². The number of carboxylic acid groups (broad SMARTS) is 1. The molecule has 1 aromatic rings. The summed E-state index contributed by atoms with van der Waals surface area (Å²) in [7, 11) is 0. The van der Waals surface area contributed by atoms with Crippen LogP contribution in [-0.2, 0) is 20.9 Å². The van der Waals surface area contributed by atoms with Crippen molar-refractivity contribution in [1.82, 2.24) is 20.0 Å². The molecule has 0 bridgehead atoms. The van der Waals surface area contributed by atoms with E-state index >= 15 is 0 Å². The smallest absolute Gasteiger partial charge is 0.340 e. The molecule has 8 heteroatoms. The molecule has 33 heavy (non-hydrogen) atoms. The normalized spacial score (nSPS) is 26.0. The van der Waals surface area contributed by atoms with Crippen molar-refractivity contribution in [2.75, 3.05) is 45.8 Å². The Morgan fingerprint density at radius 3 is 2.42 bits per heavy atom. The van der Waals surface area contributed by atoms with Crippen molar-refractivity contribution in [2.24, 2.45) is 0 Å². The van der Waals surface area contributed by atoms with Crippen molar-refractivity contribution in [1.29, 1.82) is 0 Å². The number of ketones is 1. The van der Waals surface area contributed by atoms with Gasteiger partial charge in [0, 0.05) is 45.6 Å². The highest BCUT2D eigenvalue weighted by Crippen LogP contribution is 2.32. The van der Waals surface area contributed by atoms with Crippen molar-refractivity contribution < 1.29 is 19.4 Å². The van der Waals surface area contributed by atoms with Gasteiger partial charge in [-0.25, -0.2) is 4.79 Å². The lowest BCUT2D eigenvalue weighted by molar-refractivity contribution is -0.216. The molecule has 0 aromatic heterocycles. The molecular weight excluding hydrogens is 420 g/mol. The Balaban J connectivity index is 1.42. The van der Waals surface area contributed by atoms with Crippen LogP contribution in [0, 0.1) is 0 Å². The number of hydrogen-bond donors (Lipinski definition) is 2. The predicted octanol–water partition coefficient (Wildman–Crippen LogP) is 1.75. The van der Waals surface area contributed by atoms with E-state index < -0.39 is 23.6 Å². The number of nitrogens with zero attached hydrogens (tertiary/aromatic N) is 3. The first kappa shape index (κ1) is 24.3. The van der Waals surface area contributed by atoms with E-state index in [0.717, 1.165) is 52.4 Å². The van der Waals surface area contributed by atoms with E-state index in [-0.39, 0.29) is 0 Å². The van der Waals surface area contributed by atoms with Gasteiger partial charge in [-0.2, -0.15) is 0 Å². The lowest BCUT2D eigenvalue weighted by Crippen LogP contribution is -2.65. The minimum atomic E-state index is -1.40. The van der Waals surface area contributed by atoms with E-state index in [9.17, 15) is 14.7 Å². The molecule has 3 aliphatic rings. The summed E-state index contributed by atoms with van der Waals surface area (Å²) in [4.78, 5) is 31.2. The maximum atomic E-state index is 12.0. The Labute approximate surface area is 196 Å². The number of likely N-dealkylation sites (tertiary alicyclic amines) is 1. The van der Waals surface area contributed by atoms with Crippen molar-refractivity contribution in [3.05, 3.63) is 35.9 Å². The lowest BCUT2D eigenvalue weighted by Gasteiger charge is -2.52. The van der Waals surface area contributed by atoms with Crippen LogP contribution >= 0.6 is 0 Å². The number of hydrogen-bond acceptors (Lipinski definition) is 7. The van der Waals surface area contributed by atoms with Gasteiger partial charge in [0.05, 0.1) is 6.17 Å². The zero-order valence-corrected chi connectivity index (χ0v) is 19.7. The van der Waals surface area contributed by atoms with E-state index in [1.165, 1.54) is 31.7 Å². The van der Waals surface area contributed by atoms with Crippen molar-refractivity contribution in [3.8, 4) is 0 Å². The van der Waals surface area contributed by atoms with Crippen LogP contribution < -0.4 is 5.32 Å². The fraction of sp³-hybridized carbons (Fsp3) is 0.680. The van der Waals surface area contributed by atoms with Gasteiger partial charge < -0.3 is 15.2 Å². The van der Waals surface area contributed by atoms with Gasteiger partial charge in [0.15, 0.2) is 5.78 Å². The second-order valence-corrected chi connectivity index (χ2v) is 9.60. The Bertz CT molecular complexity index is 777. The Morgan fingerprint density at radius 1 is 1.09 bits per heavy atom. The van der Waals surface area contributed by atoms with Crippen LogP contribution in [0.3, 0.4) is 0 Å². The molecule has 0 aliphatic carbocycles. The average Bonchev–Trinajstić information content (AvgIpc) is 2.84. The molecule has 2 atom stereocenters. The first-order valence-corrected chi connectivity index (χ1v) is 12.4. The molecule has 0 spiro atoms. The van der Waals surface area contributed by atoms with E-state index in [2.05, 4.69) is 50.3 Å². The Morgan fingerprint density at radius 2 is 1.79 bits per heavy atom. The van der Waals surface area contributed by atoms with Crippen molar-refractivity contribution in [2.45, 2.75) is 63.6 Å². The molecule has 3 fully saturated rings. The second kappa shape index (κ2) is 11.1. The zero-order valence-electron chi connectivity index (χ0n) is 19.7. The number of piperidine rings is 2. The van der Waals surface area contributed by atoms with E-state index in [1.54, 1.807) is 0 Å². The number of benzene rings is 1. The molecule has 182 valence electrons.